The Kier molecular flexibility index (Phi) is 7.27. The van der Waals surface area contributed by atoms with E-state index in [1.807, 2.05) is 12.1 Å². The number of rotatable bonds is 7. The van der Waals surface area contributed by atoms with Crippen LogP contribution in [0.15, 0.2) is 36.4 Å². The molecule has 2 aromatic carbocycles. The number of carbonyl (C=O) groups is 1. The zero-order valence-electron chi connectivity index (χ0n) is 18.4. The number of quaternary nitrogens is 1. The highest BCUT2D eigenvalue weighted by Crippen LogP contribution is 2.36. The number of hydrogen-bond donors (Lipinski definition) is 2. The first-order valence-electron chi connectivity index (χ1n) is 10.6. The largest absolute Gasteiger partial charge is 0.493 e. The predicted octanol–water partition coefficient (Wildman–Crippen LogP) is 3.31. The summed E-state index contributed by atoms with van der Waals surface area (Å²) in [6.07, 6.45) is 0.971. The maximum absolute atomic E-state index is 13.1. The second-order valence-corrected chi connectivity index (χ2v) is 8.53. The molecule has 2 aromatic rings. The zero-order chi connectivity index (χ0) is 21.8. The molecule has 30 heavy (non-hydrogen) atoms. The Morgan fingerprint density at radius 3 is 2.47 bits per heavy atom. The third kappa shape index (κ3) is 4.42. The third-order valence-electron chi connectivity index (χ3n) is 6.08. The fraction of sp³-hybridized carbons (Fsp3) is 0.458. The molecular weight excluding hydrogens is 400 g/mol. The smallest absolute Gasteiger partial charge is 0.253 e. The molecule has 0 fully saturated rings. The normalized spacial score (nSPS) is 19.2. The average molecular weight is 432 g/mol. The van der Waals surface area contributed by atoms with Crippen LogP contribution < -0.4 is 19.7 Å². The van der Waals surface area contributed by atoms with Gasteiger partial charge < -0.3 is 19.7 Å². The molecule has 3 rings (SSSR count). The minimum absolute atomic E-state index is 0.0547. The molecule has 0 aliphatic carbocycles. The lowest BCUT2D eigenvalue weighted by molar-refractivity contribution is -0.934. The number of methoxy groups -OCH3 is 2. The summed E-state index contributed by atoms with van der Waals surface area (Å²) in [6, 6.07) is 11.4. The number of likely N-dealkylation sites (N-methyl/N-ethyl adjacent to an activating group) is 1. The minimum atomic E-state index is -0.137. The van der Waals surface area contributed by atoms with E-state index in [1.54, 1.807) is 26.4 Å². The highest BCUT2D eigenvalue weighted by molar-refractivity contribution is 6.33. The molecule has 0 saturated heterocycles. The van der Waals surface area contributed by atoms with Crippen LogP contribution in [0.3, 0.4) is 0 Å². The zero-order valence-corrected chi connectivity index (χ0v) is 19.2. The van der Waals surface area contributed by atoms with Gasteiger partial charge in [-0.1, -0.05) is 37.6 Å². The molecule has 162 valence electrons. The van der Waals surface area contributed by atoms with Gasteiger partial charge >= 0.3 is 0 Å². The minimum Gasteiger partial charge on any atom is -0.493 e. The molecule has 0 bridgehead atoms. The van der Waals surface area contributed by atoms with E-state index in [1.165, 1.54) is 16.0 Å². The van der Waals surface area contributed by atoms with Crippen LogP contribution in [0.25, 0.3) is 0 Å². The second kappa shape index (κ2) is 9.71. The summed E-state index contributed by atoms with van der Waals surface area (Å²) in [7, 11) is 3.32. The fourth-order valence-corrected chi connectivity index (χ4v) is 4.69. The van der Waals surface area contributed by atoms with Crippen LogP contribution in [0.1, 0.15) is 48.3 Å². The summed E-state index contributed by atoms with van der Waals surface area (Å²) in [5.41, 5.74) is 2.98. The van der Waals surface area contributed by atoms with E-state index in [4.69, 9.17) is 21.1 Å². The van der Waals surface area contributed by atoms with E-state index < -0.39 is 0 Å². The first kappa shape index (κ1) is 22.4. The van der Waals surface area contributed by atoms with Gasteiger partial charge in [-0.2, -0.15) is 0 Å². The Morgan fingerprint density at radius 2 is 1.87 bits per heavy atom. The highest BCUT2D eigenvalue weighted by atomic mass is 35.5. The molecule has 1 unspecified atom stereocenters. The van der Waals surface area contributed by atoms with Crippen molar-refractivity contribution < 1.29 is 19.2 Å². The van der Waals surface area contributed by atoms with Crippen LogP contribution >= 0.6 is 11.6 Å². The molecule has 0 radical (unpaired) electrons. The van der Waals surface area contributed by atoms with E-state index >= 15 is 0 Å². The van der Waals surface area contributed by atoms with Crippen molar-refractivity contribution in [2.75, 3.05) is 27.3 Å². The first-order valence-corrected chi connectivity index (χ1v) is 10.9. The van der Waals surface area contributed by atoms with Gasteiger partial charge in [-0.15, -0.1) is 0 Å². The topological polar surface area (TPSA) is 52.0 Å². The molecular formula is C24H32ClN2O3+. The lowest BCUT2D eigenvalue weighted by Crippen LogP contribution is -3.14. The van der Waals surface area contributed by atoms with E-state index in [9.17, 15) is 4.79 Å². The van der Waals surface area contributed by atoms with Crippen molar-refractivity contribution in [3.63, 3.8) is 0 Å². The lowest BCUT2D eigenvalue weighted by atomic mass is 9.83. The molecule has 1 aliphatic rings. The SMILES string of the molecule is CC[NH+]1CCc2cc(OC)c(OC)cc2[C@H]1[C@H](NC(=O)c1ccccc1Cl)C(C)C. The number of amides is 1. The van der Waals surface area contributed by atoms with E-state index in [0.29, 0.717) is 10.6 Å². The molecule has 2 N–H and O–H groups in total. The fourth-order valence-electron chi connectivity index (χ4n) is 4.47. The number of carbonyl (C=O) groups excluding carboxylic acids is 1. The van der Waals surface area contributed by atoms with Crippen molar-refractivity contribution in [1.82, 2.24) is 5.32 Å². The molecule has 5 nitrogen and oxygen atoms in total. The standard InChI is InChI=1S/C24H31ClN2O3/c1-6-27-12-11-16-13-20(29-4)21(30-5)14-18(16)23(27)22(15(2)3)26-24(28)17-9-7-8-10-19(17)25/h7-10,13-15,22-23H,6,11-12H2,1-5H3,(H,26,28)/p+1/t22-,23+/m1/s1. The summed E-state index contributed by atoms with van der Waals surface area (Å²) in [5.74, 6) is 1.57. The van der Waals surface area contributed by atoms with Crippen LogP contribution in [0.5, 0.6) is 11.5 Å². The van der Waals surface area contributed by atoms with Gasteiger partial charge in [0.1, 0.15) is 6.04 Å². The number of hydrogen-bond acceptors (Lipinski definition) is 3. The quantitative estimate of drug-likeness (QED) is 0.707. The van der Waals surface area contributed by atoms with Gasteiger partial charge in [0.25, 0.3) is 5.91 Å². The van der Waals surface area contributed by atoms with Gasteiger partial charge in [-0.05, 0) is 42.7 Å². The predicted molar refractivity (Wildman–Crippen MR) is 120 cm³/mol. The van der Waals surface area contributed by atoms with Crippen molar-refractivity contribution in [2.24, 2.45) is 5.92 Å². The molecule has 1 amide bonds. The molecule has 3 atom stereocenters. The summed E-state index contributed by atoms with van der Waals surface area (Å²) in [4.78, 5) is 14.6. The van der Waals surface area contributed by atoms with E-state index in [0.717, 1.165) is 31.0 Å². The van der Waals surface area contributed by atoms with Gasteiger partial charge in [0.2, 0.25) is 0 Å². The summed E-state index contributed by atoms with van der Waals surface area (Å²) in [5, 5.41) is 3.76. The van der Waals surface area contributed by atoms with Gasteiger partial charge in [-0.3, -0.25) is 4.79 Å². The summed E-state index contributed by atoms with van der Waals surface area (Å²) in [6.45, 7) is 8.49. The molecule has 1 aliphatic heterocycles. The Bertz CT molecular complexity index is 900. The highest BCUT2D eigenvalue weighted by Gasteiger charge is 2.40. The average Bonchev–Trinajstić information content (AvgIpc) is 2.75. The third-order valence-corrected chi connectivity index (χ3v) is 6.41. The van der Waals surface area contributed by atoms with Gasteiger partial charge in [0.05, 0.1) is 43.9 Å². The van der Waals surface area contributed by atoms with Gasteiger partial charge in [0.15, 0.2) is 11.5 Å². The van der Waals surface area contributed by atoms with Crippen LogP contribution in [0.2, 0.25) is 5.02 Å². The van der Waals surface area contributed by atoms with Crippen molar-refractivity contribution >= 4 is 17.5 Å². The van der Waals surface area contributed by atoms with E-state index in [-0.39, 0.29) is 23.9 Å². The molecule has 0 spiro atoms. The lowest BCUT2D eigenvalue weighted by Gasteiger charge is -2.40. The number of benzene rings is 2. The molecule has 0 saturated carbocycles. The number of halogens is 1. The first-order chi connectivity index (χ1) is 14.4. The summed E-state index contributed by atoms with van der Waals surface area (Å²) < 4.78 is 11.1. The monoisotopic (exact) mass is 431 g/mol. The maximum Gasteiger partial charge on any atom is 0.253 e. The van der Waals surface area contributed by atoms with Crippen molar-refractivity contribution in [3.05, 3.63) is 58.1 Å². The van der Waals surface area contributed by atoms with Crippen molar-refractivity contribution in [1.29, 1.82) is 0 Å². The molecule has 1 heterocycles. The van der Waals surface area contributed by atoms with Crippen LogP contribution in [-0.4, -0.2) is 39.3 Å². The second-order valence-electron chi connectivity index (χ2n) is 8.12. The van der Waals surface area contributed by atoms with Crippen LogP contribution in [0.4, 0.5) is 0 Å². The van der Waals surface area contributed by atoms with Crippen LogP contribution in [-0.2, 0) is 6.42 Å². The maximum atomic E-state index is 13.1. The van der Waals surface area contributed by atoms with Crippen molar-refractivity contribution in [3.8, 4) is 11.5 Å². The number of nitrogens with one attached hydrogen (secondary N) is 2. The Hall–Kier alpha value is -2.24. The molecule has 0 aromatic heterocycles. The van der Waals surface area contributed by atoms with Crippen LogP contribution in [0, 0.1) is 5.92 Å². The Labute approximate surface area is 184 Å². The number of fused-ring (bicyclic) bond motifs is 1. The Morgan fingerprint density at radius 1 is 1.20 bits per heavy atom. The van der Waals surface area contributed by atoms with E-state index in [2.05, 4.69) is 38.2 Å². The van der Waals surface area contributed by atoms with Gasteiger partial charge in [-0.25, -0.2) is 0 Å². The molecule has 6 heteroatoms. The van der Waals surface area contributed by atoms with Crippen molar-refractivity contribution in [2.45, 2.75) is 39.3 Å². The number of ether oxygens (including phenoxy) is 2. The summed E-state index contributed by atoms with van der Waals surface area (Å²) >= 11 is 6.28. The Balaban J connectivity index is 2.02. The van der Waals surface area contributed by atoms with Gasteiger partial charge in [0, 0.05) is 12.0 Å².